The Morgan fingerprint density at radius 3 is 2.83 bits per heavy atom. The van der Waals surface area contributed by atoms with Gasteiger partial charge in [0.15, 0.2) is 11.6 Å². The first-order chi connectivity index (χ1) is 11.6. The second kappa shape index (κ2) is 5.38. The van der Waals surface area contributed by atoms with E-state index < -0.39 is 0 Å². The van der Waals surface area contributed by atoms with Gasteiger partial charge in [0.2, 0.25) is 0 Å². The van der Waals surface area contributed by atoms with Crippen LogP contribution < -0.4 is 5.32 Å². The van der Waals surface area contributed by atoms with Gasteiger partial charge < -0.3 is 9.73 Å². The molecule has 7 heteroatoms. The van der Waals surface area contributed by atoms with Crippen LogP contribution in [0.15, 0.2) is 40.9 Å². The molecule has 0 aliphatic rings. The highest BCUT2D eigenvalue weighted by molar-refractivity contribution is 6.11. The van der Waals surface area contributed by atoms with E-state index in [0.29, 0.717) is 22.7 Å². The summed E-state index contributed by atoms with van der Waals surface area (Å²) < 4.78 is 5.60. The van der Waals surface area contributed by atoms with Gasteiger partial charge in [-0.3, -0.25) is 15.0 Å². The van der Waals surface area contributed by atoms with Crippen molar-refractivity contribution in [3.05, 3.63) is 53.4 Å². The molecule has 3 heterocycles. The summed E-state index contributed by atoms with van der Waals surface area (Å²) in [5, 5.41) is 17.6. The fourth-order valence-electron chi connectivity index (χ4n) is 2.66. The molecule has 0 radical (unpaired) electrons. The number of rotatable bonds is 3. The molecule has 0 aliphatic carbocycles. The van der Waals surface area contributed by atoms with Crippen LogP contribution in [0.25, 0.3) is 22.4 Å². The van der Waals surface area contributed by atoms with Crippen molar-refractivity contribution in [1.82, 2.24) is 20.4 Å². The second-order valence-corrected chi connectivity index (χ2v) is 5.58. The molecule has 1 amide bonds. The normalized spacial score (nSPS) is 11.1. The number of carbonyl (C=O) groups excluding carboxylic acids is 1. The van der Waals surface area contributed by atoms with Gasteiger partial charge in [-0.25, -0.2) is 0 Å². The Morgan fingerprint density at radius 1 is 1.17 bits per heavy atom. The molecule has 3 N–H and O–H groups in total. The van der Waals surface area contributed by atoms with Gasteiger partial charge in [0.05, 0.1) is 17.3 Å². The average Bonchev–Trinajstić information content (AvgIpc) is 3.28. The fourth-order valence-corrected chi connectivity index (χ4v) is 2.66. The van der Waals surface area contributed by atoms with Crippen molar-refractivity contribution in [1.29, 1.82) is 0 Å². The Kier molecular flexibility index (Phi) is 3.19. The predicted molar refractivity (Wildman–Crippen MR) is 89.8 cm³/mol. The van der Waals surface area contributed by atoms with Crippen molar-refractivity contribution in [3.63, 3.8) is 0 Å². The van der Waals surface area contributed by atoms with Crippen molar-refractivity contribution < 1.29 is 9.21 Å². The summed E-state index contributed by atoms with van der Waals surface area (Å²) in [5.41, 5.74) is 2.78. The van der Waals surface area contributed by atoms with E-state index in [0.717, 1.165) is 22.4 Å². The standard InChI is InChI=1S/C17H15N5O2/c1-9-6-7-13(24-9)14-10(2)16(22-21-14)19-17(23)12-5-3-4-11-8-18-20-15(11)12/h3-8H,1-2H3,(H,18,20)(H2,19,21,22,23). The lowest BCUT2D eigenvalue weighted by Gasteiger charge is -2.04. The monoisotopic (exact) mass is 321 g/mol. The van der Waals surface area contributed by atoms with E-state index in [1.807, 2.05) is 38.1 Å². The number of anilines is 1. The van der Waals surface area contributed by atoms with Gasteiger partial charge in [0, 0.05) is 10.9 Å². The lowest BCUT2D eigenvalue weighted by atomic mass is 10.1. The number of H-pyrrole nitrogens is 2. The quantitative estimate of drug-likeness (QED) is 0.538. The van der Waals surface area contributed by atoms with Crippen molar-refractivity contribution in [2.75, 3.05) is 5.32 Å². The number of hydrogen-bond donors (Lipinski definition) is 3. The molecule has 0 saturated carbocycles. The Balaban J connectivity index is 1.65. The third-order valence-corrected chi connectivity index (χ3v) is 3.95. The molecule has 1 aromatic carbocycles. The molecule has 0 bridgehead atoms. The van der Waals surface area contributed by atoms with Crippen LogP contribution >= 0.6 is 0 Å². The molecule has 7 nitrogen and oxygen atoms in total. The number of para-hydroxylation sites is 1. The average molecular weight is 321 g/mol. The number of aromatic amines is 2. The minimum Gasteiger partial charge on any atom is -0.460 e. The zero-order valence-corrected chi connectivity index (χ0v) is 13.2. The van der Waals surface area contributed by atoms with Crippen molar-refractivity contribution >= 4 is 22.6 Å². The number of carbonyl (C=O) groups is 1. The van der Waals surface area contributed by atoms with Crippen LogP contribution in [0.3, 0.4) is 0 Å². The zero-order chi connectivity index (χ0) is 16.7. The molecule has 0 atom stereocenters. The molecule has 4 rings (SSSR count). The highest BCUT2D eigenvalue weighted by Gasteiger charge is 2.17. The topological polar surface area (TPSA) is 99.6 Å². The van der Waals surface area contributed by atoms with E-state index >= 15 is 0 Å². The first-order valence-corrected chi connectivity index (χ1v) is 7.48. The number of fused-ring (bicyclic) bond motifs is 1. The number of aryl methyl sites for hydroxylation is 1. The minimum atomic E-state index is -0.248. The van der Waals surface area contributed by atoms with E-state index in [4.69, 9.17) is 4.42 Å². The van der Waals surface area contributed by atoms with Gasteiger partial charge in [-0.05, 0) is 32.0 Å². The van der Waals surface area contributed by atoms with Gasteiger partial charge in [-0.1, -0.05) is 12.1 Å². The predicted octanol–water partition coefficient (Wildman–Crippen LogP) is 3.42. The zero-order valence-electron chi connectivity index (χ0n) is 13.2. The SMILES string of the molecule is Cc1ccc(-c2[nH]nc(NC(=O)c3cccc4cn[nH]c34)c2C)o1. The Morgan fingerprint density at radius 2 is 2.04 bits per heavy atom. The first-order valence-electron chi connectivity index (χ1n) is 7.48. The summed E-state index contributed by atoms with van der Waals surface area (Å²) in [7, 11) is 0. The van der Waals surface area contributed by atoms with E-state index in [2.05, 4.69) is 25.7 Å². The van der Waals surface area contributed by atoms with E-state index in [-0.39, 0.29) is 5.91 Å². The molecular formula is C17H15N5O2. The third kappa shape index (κ3) is 2.26. The molecule has 4 aromatic rings. The first kappa shape index (κ1) is 14.3. The third-order valence-electron chi connectivity index (χ3n) is 3.95. The van der Waals surface area contributed by atoms with Crippen LogP contribution in [0.5, 0.6) is 0 Å². The van der Waals surface area contributed by atoms with Gasteiger partial charge in [-0.2, -0.15) is 10.2 Å². The van der Waals surface area contributed by atoms with E-state index in [9.17, 15) is 4.79 Å². The number of aromatic nitrogens is 4. The fraction of sp³-hybridized carbons (Fsp3) is 0.118. The van der Waals surface area contributed by atoms with Crippen LogP contribution in [0, 0.1) is 13.8 Å². The molecule has 120 valence electrons. The highest BCUT2D eigenvalue weighted by atomic mass is 16.3. The number of hydrogen-bond acceptors (Lipinski definition) is 4. The molecule has 0 spiro atoms. The number of nitrogens with one attached hydrogen (secondary N) is 3. The number of amides is 1. The summed E-state index contributed by atoms with van der Waals surface area (Å²) in [6.45, 7) is 3.76. The maximum atomic E-state index is 12.6. The van der Waals surface area contributed by atoms with Crippen molar-refractivity contribution in [3.8, 4) is 11.5 Å². The summed E-state index contributed by atoms with van der Waals surface area (Å²) in [5.74, 6) is 1.73. The maximum Gasteiger partial charge on any atom is 0.259 e. The minimum absolute atomic E-state index is 0.248. The Bertz CT molecular complexity index is 1040. The number of benzene rings is 1. The molecule has 3 aromatic heterocycles. The van der Waals surface area contributed by atoms with Crippen molar-refractivity contribution in [2.24, 2.45) is 0 Å². The summed E-state index contributed by atoms with van der Waals surface area (Å²) in [6, 6.07) is 9.21. The van der Waals surface area contributed by atoms with Crippen molar-refractivity contribution in [2.45, 2.75) is 13.8 Å². The number of nitrogens with zero attached hydrogens (tertiary/aromatic N) is 2. The van der Waals surface area contributed by atoms with Gasteiger partial charge in [0.1, 0.15) is 11.5 Å². The van der Waals surface area contributed by atoms with Crippen LogP contribution in [-0.2, 0) is 0 Å². The van der Waals surface area contributed by atoms with Crippen LogP contribution in [0.1, 0.15) is 21.7 Å². The Hall–Kier alpha value is -3.35. The Labute approximate surface area is 137 Å². The van der Waals surface area contributed by atoms with Crippen LogP contribution in [0.2, 0.25) is 0 Å². The van der Waals surface area contributed by atoms with Gasteiger partial charge >= 0.3 is 0 Å². The highest BCUT2D eigenvalue weighted by Crippen LogP contribution is 2.28. The van der Waals surface area contributed by atoms with Gasteiger partial charge in [0.25, 0.3) is 5.91 Å². The molecule has 0 fully saturated rings. The van der Waals surface area contributed by atoms with E-state index in [1.165, 1.54) is 0 Å². The smallest absolute Gasteiger partial charge is 0.259 e. The second-order valence-electron chi connectivity index (χ2n) is 5.58. The van der Waals surface area contributed by atoms with Crippen LogP contribution in [0.4, 0.5) is 5.82 Å². The largest absolute Gasteiger partial charge is 0.460 e. The lowest BCUT2D eigenvalue weighted by molar-refractivity contribution is 0.102. The molecule has 0 unspecified atom stereocenters. The number of furan rings is 1. The molecule has 0 saturated heterocycles. The molecule has 0 aliphatic heterocycles. The molecular weight excluding hydrogens is 306 g/mol. The van der Waals surface area contributed by atoms with Gasteiger partial charge in [-0.15, -0.1) is 0 Å². The summed E-state index contributed by atoms with van der Waals surface area (Å²) in [4.78, 5) is 12.6. The van der Waals surface area contributed by atoms with E-state index in [1.54, 1.807) is 12.3 Å². The lowest BCUT2D eigenvalue weighted by Crippen LogP contribution is -2.13. The summed E-state index contributed by atoms with van der Waals surface area (Å²) >= 11 is 0. The maximum absolute atomic E-state index is 12.6. The summed E-state index contributed by atoms with van der Waals surface area (Å²) in [6.07, 6.45) is 1.68. The molecule has 24 heavy (non-hydrogen) atoms. The van der Waals surface area contributed by atoms with Crippen LogP contribution in [-0.4, -0.2) is 26.3 Å².